The van der Waals surface area contributed by atoms with E-state index in [0.29, 0.717) is 49.6 Å². The molecule has 3 aromatic carbocycles. The fourth-order valence-electron chi connectivity index (χ4n) is 5.26. The highest BCUT2D eigenvalue weighted by molar-refractivity contribution is 5.79. The van der Waals surface area contributed by atoms with Crippen LogP contribution in [0.3, 0.4) is 0 Å². The summed E-state index contributed by atoms with van der Waals surface area (Å²) in [5.74, 6) is 1.89. The van der Waals surface area contributed by atoms with Crippen molar-refractivity contribution in [3.05, 3.63) is 77.4 Å². The Bertz CT molecular complexity index is 1340. The van der Waals surface area contributed by atoms with Crippen molar-refractivity contribution in [2.24, 2.45) is 0 Å². The number of rotatable bonds is 5. The number of likely N-dealkylation sites (tertiary alicyclic amines) is 1. The second-order valence-electron chi connectivity index (χ2n) is 9.71. The molecule has 0 unspecified atom stereocenters. The van der Waals surface area contributed by atoms with Gasteiger partial charge in [0.25, 0.3) is 0 Å². The van der Waals surface area contributed by atoms with Crippen molar-refractivity contribution in [1.29, 1.82) is 0 Å². The number of carbonyl (C=O) groups is 2. The summed E-state index contributed by atoms with van der Waals surface area (Å²) in [4.78, 5) is 28.1. The molecule has 0 radical (unpaired) electrons. The van der Waals surface area contributed by atoms with Gasteiger partial charge in [0.1, 0.15) is 5.75 Å². The van der Waals surface area contributed by atoms with Crippen LogP contribution >= 0.6 is 0 Å². The van der Waals surface area contributed by atoms with Gasteiger partial charge < -0.3 is 29.5 Å². The van der Waals surface area contributed by atoms with E-state index in [4.69, 9.17) is 14.2 Å². The maximum atomic E-state index is 13.3. The van der Waals surface area contributed by atoms with Gasteiger partial charge in [0.15, 0.2) is 23.0 Å². The van der Waals surface area contributed by atoms with Crippen LogP contribution in [0, 0.1) is 0 Å². The molecule has 1 saturated heterocycles. The molecular weight excluding hydrogens is 484 g/mol. The van der Waals surface area contributed by atoms with Crippen LogP contribution in [0.1, 0.15) is 35.4 Å². The van der Waals surface area contributed by atoms with E-state index < -0.39 is 0 Å². The standard InChI is InChI=1S/C30H32N2O6/c1-36-25-6-4-3-5-20(25)10-14-30(35)32-17-22-21-9-12-26(37-2)28(16-21)38-27-15-19(7-11-24(27)33)8-13-29(34)31-23(22)18-32/h3-7,9,11-12,15-16,22-23,33H,8,10,13-14,17-18H2,1-2H3,(H,31,34)/t22-,23+/m0/s1. The number of hydrogen-bond donors (Lipinski definition) is 2. The summed E-state index contributed by atoms with van der Waals surface area (Å²) in [6.45, 7) is 0.901. The number of hydrogen-bond acceptors (Lipinski definition) is 6. The topological polar surface area (TPSA) is 97.3 Å². The smallest absolute Gasteiger partial charge is 0.222 e. The quantitative estimate of drug-likeness (QED) is 0.528. The average molecular weight is 517 g/mol. The van der Waals surface area contributed by atoms with Crippen LogP contribution in [0.2, 0.25) is 0 Å². The zero-order valence-corrected chi connectivity index (χ0v) is 21.6. The lowest BCUT2D eigenvalue weighted by atomic mass is 9.93. The van der Waals surface area contributed by atoms with Gasteiger partial charge in [0.2, 0.25) is 11.8 Å². The second-order valence-corrected chi connectivity index (χ2v) is 9.71. The maximum Gasteiger partial charge on any atom is 0.222 e. The number of nitrogens with one attached hydrogen (secondary N) is 1. The molecule has 2 heterocycles. The molecule has 2 N–H and O–H groups in total. The maximum absolute atomic E-state index is 13.3. The van der Waals surface area contributed by atoms with Gasteiger partial charge in [-0.25, -0.2) is 0 Å². The first kappa shape index (κ1) is 25.4. The normalized spacial score (nSPS) is 18.7. The van der Waals surface area contributed by atoms with Crippen LogP contribution in [0.15, 0.2) is 60.7 Å². The van der Waals surface area contributed by atoms with Crippen molar-refractivity contribution in [3.8, 4) is 28.7 Å². The third-order valence-electron chi connectivity index (χ3n) is 7.32. The molecule has 0 saturated carbocycles. The highest BCUT2D eigenvalue weighted by Crippen LogP contribution is 2.40. The first-order chi connectivity index (χ1) is 18.4. The summed E-state index contributed by atoms with van der Waals surface area (Å²) in [5.41, 5.74) is 2.78. The van der Waals surface area contributed by atoms with Crippen molar-refractivity contribution in [1.82, 2.24) is 10.2 Å². The van der Waals surface area contributed by atoms with E-state index in [1.54, 1.807) is 32.4 Å². The number of carbonyl (C=O) groups excluding carboxylic acids is 2. The number of methoxy groups -OCH3 is 2. The van der Waals surface area contributed by atoms with Gasteiger partial charge in [-0.15, -0.1) is 0 Å². The molecule has 0 aromatic heterocycles. The van der Waals surface area contributed by atoms with Gasteiger partial charge in [-0.05, 0) is 59.9 Å². The van der Waals surface area contributed by atoms with Crippen molar-refractivity contribution >= 4 is 11.8 Å². The summed E-state index contributed by atoms with van der Waals surface area (Å²) >= 11 is 0. The number of ether oxygens (including phenoxy) is 3. The summed E-state index contributed by atoms with van der Waals surface area (Å²) in [6, 6.07) is 18.2. The minimum Gasteiger partial charge on any atom is -0.504 e. The molecule has 2 amide bonds. The molecule has 3 aromatic rings. The Balaban J connectivity index is 1.41. The molecule has 5 rings (SSSR count). The van der Waals surface area contributed by atoms with Crippen molar-refractivity contribution in [2.45, 2.75) is 37.6 Å². The first-order valence-electron chi connectivity index (χ1n) is 12.8. The third-order valence-corrected chi connectivity index (χ3v) is 7.32. The van der Waals surface area contributed by atoms with Crippen molar-refractivity contribution in [3.63, 3.8) is 0 Å². The fourth-order valence-corrected chi connectivity index (χ4v) is 5.26. The van der Waals surface area contributed by atoms with Crippen LogP contribution in [-0.2, 0) is 22.4 Å². The Kier molecular flexibility index (Phi) is 7.40. The predicted molar refractivity (Wildman–Crippen MR) is 142 cm³/mol. The minimum atomic E-state index is -0.240. The summed E-state index contributed by atoms with van der Waals surface area (Å²) in [6.07, 6.45) is 1.70. The molecule has 198 valence electrons. The number of amides is 2. The molecule has 2 atom stereocenters. The Hall–Kier alpha value is -4.20. The lowest BCUT2D eigenvalue weighted by Gasteiger charge is -2.21. The fraction of sp³-hybridized carbons (Fsp3) is 0.333. The van der Waals surface area contributed by atoms with E-state index in [2.05, 4.69) is 5.32 Å². The van der Waals surface area contributed by atoms with E-state index >= 15 is 0 Å². The van der Waals surface area contributed by atoms with Crippen LogP contribution in [-0.4, -0.2) is 55.2 Å². The lowest BCUT2D eigenvalue weighted by molar-refractivity contribution is -0.130. The lowest BCUT2D eigenvalue weighted by Crippen LogP contribution is -2.40. The number of fused-ring (bicyclic) bond motifs is 6. The largest absolute Gasteiger partial charge is 0.504 e. The molecule has 0 spiro atoms. The molecule has 0 aliphatic carbocycles. The first-order valence-corrected chi connectivity index (χ1v) is 12.8. The highest BCUT2D eigenvalue weighted by atomic mass is 16.5. The molecule has 8 nitrogen and oxygen atoms in total. The number of benzene rings is 3. The van der Waals surface area contributed by atoms with E-state index in [0.717, 1.165) is 22.4 Å². The van der Waals surface area contributed by atoms with E-state index in [9.17, 15) is 14.7 Å². The number of nitrogens with zero attached hydrogens (tertiary/aromatic N) is 1. The monoisotopic (exact) mass is 516 g/mol. The summed E-state index contributed by atoms with van der Waals surface area (Å²) in [5, 5.41) is 13.6. The molecule has 2 aliphatic rings. The van der Waals surface area contributed by atoms with Gasteiger partial charge in [-0.1, -0.05) is 30.3 Å². The van der Waals surface area contributed by atoms with Gasteiger partial charge in [-0.3, -0.25) is 9.59 Å². The molecule has 38 heavy (non-hydrogen) atoms. The number of phenolic OH excluding ortho intramolecular Hbond substituents is 1. The minimum absolute atomic E-state index is 0.00564. The zero-order chi connectivity index (χ0) is 26.6. The third kappa shape index (κ3) is 5.39. The number of phenols is 1. The van der Waals surface area contributed by atoms with Gasteiger partial charge >= 0.3 is 0 Å². The molecular formula is C30H32N2O6. The Morgan fingerprint density at radius 3 is 2.63 bits per heavy atom. The van der Waals surface area contributed by atoms with Gasteiger partial charge in [0.05, 0.1) is 20.3 Å². The predicted octanol–water partition coefficient (Wildman–Crippen LogP) is 4.19. The van der Waals surface area contributed by atoms with E-state index in [-0.39, 0.29) is 35.9 Å². The van der Waals surface area contributed by atoms with Crippen LogP contribution in [0.5, 0.6) is 28.7 Å². The summed E-state index contributed by atoms with van der Waals surface area (Å²) in [7, 11) is 3.19. The molecule has 8 heteroatoms. The van der Waals surface area contributed by atoms with Crippen molar-refractivity contribution < 1.29 is 28.9 Å². The van der Waals surface area contributed by atoms with Crippen molar-refractivity contribution in [2.75, 3.05) is 27.3 Å². The van der Waals surface area contributed by atoms with Gasteiger partial charge in [0, 0.05) is 31.8 Å². The van der Waals surface area contributed by atoms with Crippen LogP contribution in [0.25, 0.3) is 0 Å². The second kappa shape index (κ2) is 11.0. The molecule has 2 aliphatic heterocycles. The Morgan fingerprint density at radius 1 is 1.00 bits per heavy atom. The van der Waals surface area contributed by atoms with E-state index in [1.807, 2.05) is 47.4 Å². The van der Waals surface area contributed by atoms with Crippen LogP contribution < -0.4 is 19.5 Å². The van der Waals surface area contributed by atoms with E-state index in [1.165, 1.54) is 0 Å². The average Bonchev–Trinajstić information content (AvgIpc) is 3.35. The number of aromatic hydroxyl groups is 1. The molecule has 1 fully saturated rings. The zero-order valence-electron chi connectivity index (χ0n) is 21.6. The van der Waals surface area contributed by atoms with Crippen LogP contribution in [0.4, 0.5) is 0 Å². The molecule has 4 bridgehead atoms. The number of aryl methyl sites for hydroxylation is 2. The highest BCUT2D eigenvalue weighted by Gasteiger charge is 2.37. The Labute approximate surface area is 222 Å². The Morgan fingerprint density at radius 2 is 1.82 bits per heavy atom. The van der Waals surface area contributed by atoms with Gasteiger partial charge in [-0.2, -0.15) is 0 Å². The number of para-hydroxylation sites is 1. The summed E-state index contributed by atoms with van der Waals surface area (Å²) < 4.78 is 17.1. The SMILES string of the molecule is COc1ccccc1CCC(=O)N1C[C@H]2NC(=O)CCc3ccc(O)c(c3)Oc3cc(ccc3OC)[C@@H]2C1.